The van der Waals surface area contributed by atoms with Crippen LogP contribution in [0.2, 0.25) is 0 Å². The summed E-state index contributed by atoms with van der Waals surface area (Å²) in [5.41, 5.74) is 3.29. The summed E-state index contributed by atoms with van der Waals surface area (Å²) < 4.78 is 8.06. The van der Waals surface area contributed by atoms with Crippen molar-refractivity contribution in [2.24, 2.45) is 5.92 Å². The van der Waals surface area contributed by atoms with Crippen LogP contribution in [0, 0.1) is 5.92 Å². The van der Waals surface area contributed by atoms with Crippen LogP contribution < -0.4 is 15.0 Å². The molecule has 0 atom stereocenters. The first kappa shape index (κ1) is 16.5. The van der Waals surface area contributed by atoms with Crippen LogP contribution in [0.15, 0.2) is 36.9 Å². The van der Waals surface area contributed by atoms with Crippen molar-refractivity contribution in [3.05, 3.63) is 42.5 Å². The lowest BCUT2D eigenvalue weighted by Crippen LogP contribution is -2.35. The molecule has 5 rings (SSSR count). The number of anilines is 1. The van der Waals surface area contributed by atoms with Crippen molar-refractivity contribution in [3.63, 3.8) is 0 Å². The van der Waals surface area contributed by atoms with Crippen LogP contribution in [-0.4, -0.2) is 45.8 Å². The SMILES string of the molecule is c1cc2c(cn1)ncn2CC1CCN(c2ccc3c(n2)OCCNC3)CC1. The lowest BCUT2D eigenvalue weighted by Gasteiger charge is -2.33. The Bertz CT molecular complexity index is 931. The number of nitrogens with zero attached hydrogens (tertiary/aromatic N) is 5. The second kappa shape index (κ2) is 7.15. The fourth-order valence-corrected chi connectivity index (χ4v) is 4.02. The van der Waals surface area contributed by atoms with E-state index in [-0.39, 0.29) is 0 Å². The van der Waals surface area contributed by atoms with E-state index < -0.39 is 0 Å². The van der Waals surface area contributed by atoms with E-state index in [1.807, 2.05) is 24.8 Å². The van der Waals surface area contributed by atoms with Gasteiger partial charge in [0.15, 0.2) is 0 Å². The largest absolute Gasteiger partial charge is 0.476 e. The molecule has 1 saturated heterocycles. The zero-order valence-corrected chi connectivity index (χ0v) is 15.3. The van der Waals surface area contributed by atoms with Crippen molar-refractivity contribution in [1.29, 1.82) is 0 Å². The van der Waals surface area contributed by atoms with Gasteiger partial charge in [0.2, 0.25) is 5.88 Å². The van der Waals surface area contributed by atoms with Crippen molar-refractivity contribution in [2.75, 3.05) is 31.1 Å². The molecule has 0 aliphatic carbocycles. The molecule has 0 saturated carbocycles. The first-order chi connectivity index (χ1) is 13.4. The molecule has 27 heavy (non-hydrogen) atoms. The molecule has 0 unspecified atom stereocenters. The molecule has 3 aromatic heterocycles. The van der Waals surface area contributed by atoms with Gasteiger partial charge in [-0.3, -0.25) is 4.98 Å². The molecule has 0 bridgehead atoms. The quantitative estimate of drug-likeness (QED) is 0.769. The smallest absolute Gasteiger partial charge is 0.219 e. The Morgan fingerprint density at radius 1 is 1.19 bits per heavy atom. The maximum Gasteiger partial charge on any atom is 0.219 e. The second-order valence-corrected chi connectivity index (χ2v) is 7.35. The van der Waals surface area contributed by atoms with Gasteiger partial charge in [0, 0.05) is 44.5 Å². The summed E-state index contributed by atoms with van der Waals surface area (Å²) in [5.74, 6) is 2.49. The molecular weight excluding hydrogens is 340 g/mol. The Balaban J connectivity index is 1.24. The number of aromatic nitrogens is 4. The van der Waals surface area contributed by atoms with E-state index in [4.69, 9.17) is 9.72 Å². The topological polar surface area (TPSA) is 68.1 Å². The van der Waals surface area contributed by atoms with Gasteiger partial charge in [0.1, 0.15) is 17.9 Å². The second-order valence-electron chi connectivity index (χ2n) is 7.35. The lowest BCUT2D eigenvalue weighted by atomic mass is 9.96. The van der Waals surface area contributed by atoms with Crippen molar-refractivity contribution in [1.82, 2.24) is 24.8 Å². The Morgan fingerprint density at radius 2 is 2.11 bits per heavy atom. The monoisotopic (exact) mass is 364 g/mol. The van der Waals surface area contributed by atoms with Gasteiger partial charge in [-0.05, 0) is 37.0 Å². The fourth-order valence-electron chi connectivity index (χ4n) is 4.02. The van der Waals surface area contributed by atoms with Gasteiger partial charge >= 0.3 is 0 Å². The van der Waals surface area contributed by atoms with E-state index >= 15 is 0 Å². The first-order valence-electron chi connectivity index (χ1n) is 9.70. The third-order valence-electron chi connectivity index (χ3n) is 5.57. The summed E-state index contributed by atoms with van der Waals surface area (Å²) in [6.07, 6.45) is 7.93. The number of nitrogens with one attached hydrogen (secondary N) is 1. The van der Waals surface area contributed by atoms with Gasteiger partial charge in [-0.25, -0.2) is 4.98 Å². The average Bonchev–Trinajstić information content (AvgIpc) is 2.96. The van der Waals surface area contributed by atoms with E-state index in [1.54, 1.807) is 0 Å². The lowest BCUT2D eigenvalue weighted by molar-refractivity contribution is 0.313. The minimum atomic E-state index is 0.660. The molecule has 7 heteroatoms. The Hall–Kier alpha value is -2.67. The van der Waals surface area contributed by atoms with E-state index in [0.717, 1.165) is 68.3 Å². The molecule has 3 aromatic rings. The zero-order chi connectivity index (χ0) is 18.1. The Labute approximate surface area is 158 Å². The number of ether oxygens (including phenoxy) is 1. The van der Waals surface area contributed by atoms with E-state index in [1.165, 1.54) is 5.52 Å². The van der Waals surface area contributed by atoms with E-state index in [9.17, 15) is 0 Å². The number of rotatable bonds is 3. The minimum absolute atomic E-state index is 0.660. The van der Waals surface area contributed by atoms with Crippen LogP contribution >= 0.6 is 0 Å². The molecule has 0 spiro atoms. The summed E-state index contributed by atoms with van der Waals surface area (Å²) >= 11 is 0. The van der Waals surface area contributed by atoms with Crippen LogP contribution in [0.25, 0.3) is 11.0 Å². The highest BCUT2D eigenvalue weighted by Gasteiger charge is 2.22. The highest BCUT2D eigenvalue weighted by atomic mass is 16.5. The Kier molecular flexibility index (Phi) is 4.37. The summed E-state index contributed by atoms with van der Waals surface area (Å²) in [5, 5.41) is 3.35. The minimum Gasteiger partial charge on any atom is -0.476 e. The van der Waals surface area contributed by atoms with Crippen LogP contribution in [-0.2, 0) is 13.1 Å². The molecule has 7 nitrogen and oxygen atoms in total. The van der Waals surface area contributed by atoms with Gasteiger partial charge in [-0.15, -0.1) is 0 Å². The van der Waals surface area contributed by atoms with Crippen molar-refractivity contribution >= 4 is 16.9 Å². The number of fused-ring (bicyclic) bond motifs is 2. The van der Waals surface area contributed by atoms with Crippen LogP contribution in [0.3, 0.4) is 0 Å². The van der Waals surface area contributed by atoms with Crippen LogP contribution in [0.5, 0.6) is 5.88 Å². The fraction of sp³-hybridized carbons (Fsp3) is 0.450. The summed E-state index contributed by atoms with van der Waals surface area (Å²) in [7, 11) is 0. The van der Waals surface area contributed by atoms with Crippen molar-refractivity contribution in [3.8, 4) is 5.88 Å². The third-order valence-corrected chi connectivity index (χ3v) is 5.57. The number of pyridine rings is 2. The molecular formula is C20H24N6O. The first-order valence-corrected chi connectivity index (χ1v) is 9.70. The third kappa shape index (κ3) is 3.35. The highest BCUT2D eigenvalue weighted by molar-refractivity contribution is 5.73. The molecule has 2 aliphatic rings. The predicted octanol–water partition coefficient (Wildman–Crippen LogP) is 2.22. The summed E-state index contributed by atoms with van der Waals surface area (Å²) in [6.45, 7) is 5.46. The van der Waals surface area contributed by atoms with Gasteiger partial charge in [-0.1, -0.05) is 0 Å². The summed E-state index contributed by atoms with van der Waals surface area (Å²) in [6, 6.07) is 6.32. The highest BCUT2D eigenvalue weighted by Crippen LogP contribution is 2.27. The van der Waals surface area contributed by atoms with Crippen molar-refractivity contribution in [2.45, 2.75) is 25.9 Å². The summed E-state index contributed by atoms with van der Waals surface area (Å²) in [4.78, 5) is 15.8. The number of imidazole rings is 1. The molecule has 1 fully saturated rings. The molecule has 0 amide bonds. The van der Waals surface area contributed by atoms with Crippen LogP contribution in [0.1, 0.15) is 18.4 Å². The van der Waals surface area contributed by atoms with Gasteiger partial charge in [-0.2, -0.15) is 4.98 Å². The van der Waals surface area contributed by atoms with E-state index in [0.29, 0.717) is 12.5 Å². The van der Waals surface area contributed by atoms with Gasteiger partial charge in [0.05, 0.1) is 18.0 Å². The Morgan fingerprint density at radius 3 is 3.04 bits per heavy atom. The molecule has 2 aliphatic heterocycles. The van der Waals surface area contributed by atoms with Gasteiger partial charge < -0.3 is 19.5 Å². The molecule has 0 aromatic carbocycles. The molecule has 1 N–H and O–H groups in total. The maximum absolute atomic E-state index is 5.80. The molecule has 140 valence electrons. The standard InChI is InChI=1S/C20H24N6O/c1-2-19(24-20-16(1)11-22-7-10-27-20)25-8-4-15(5-9-25)13-26-14-23-17-12-21-6-3-18(17)26/h1-3,6,12,14-15,22H,4-5,7-11,13H2. The predicted molar refractivity (Wildman–Crippen MR) is 104 cm³/mol. The molecule has 0 radical (unpaired) electrons. The number of hydrogen-bond acceptors (Lipinski definition) is 6. The zero-order valence-electron chi connectivity index (χ0n) is 15.3. The maximum atomic E-state index is 5.80. The number of hydrogen-bond donors (Lipinski definition) is 1. The van der Waals surface area contributed by atoms with Crippen LogP contribution in [0.4, 0.5) is 5.82 Å². The average molecular weight is 364 g/mol. The normalized spacial score (nSPS) is 18.1. The molecule has 5 heterocycles. The van der Waals surface area contributed by atoms with Crippen molar-refractivity contribution < 1.29 is 4.74 Å². The van der Waals surface area contributed by atoms with Gasteiger partial charge in [0.25, 0.3) is 0 Å². The number of piperidine rings is 1. The van der Waals surface area contributed by atoms with E-state index in [2.05, 4.69) is 36.9 Å².